The van der Waals surface area contributed by atoms with Gasteiger partial charge in [-0.15, -0.1) is 0 Å². The van der Waals surface area contributed by atoms with Crippen LogP contribution in [0.25, 0.3) is 0 Å². The molecule has 3 fully saturated rings. The lowest BCUT2D eigenvalue weighted by atomic mass is 10.0. The highest BCUT2D eigenvalue weighted by molar-refractivity contribution is 5.84. The van der Waals surface area contributed by atoms with E-state index in [1.165, 1.54) is 0 Å². The van der Waals surface area contributed by atoms with Crippen molar-refractivity contribution in [1.82, 2.24) is 20.0 Å². The Labute approximate surface area is 173 Å². The third-order valence-corrected chi connectivity index (χ3v) is 6.23. The summed E-state index contributed by atoms with van der Waals surface area (Å²) in [5.41, 5.74) is 1.04. The van der Waals surface area contributed by atoms with Gasteiger partial charge in [-0.1, -0.05) is 30.3 Å². The van der Waals surface area contributed by atoms with Crippen molar-refractivity contribution in [3.05, 3.63) is 35.9 Å². The van der Waals surface area contributed by atoms with Crippen LogP contribution in [0.15, 0.2) is 30.3 Å². The van der Waals surface area contributed by atoms with Gasteiger partial charge in [0, 0.05) is 45.3 Å². The van der Waals surface area contributed by atoms with E-state index in [1.807, 2.05) is 42.2 Å². The lowest BCUT2D eigenvalue weighted by Gasteiger charge is -2.41. The molecule has 3 aliphatic rings. The molecule has 0 radical (unpaired) electrons. The molecule has 158 valence electrons. The van der Waals surface area contributed by atoms with Gasteiger partial charge in [0.05, 0.1) is 19.3 Å². The summed E-state index contributed by atoms with van der Waals surface area (Å²) in [4.78, 5) is 32.2. The van der Waals surface area contributed by atoms with Gasteiger partial charge in [-0.3, -0.25) is 19.4 Å². The maximum Gasteiger partial charge on any atom is 0.242 e. The van der Waals surface area contributed by atoms with Gasteiger partial charge < -0.3 is 15.0 Å². The quantitative estimate of drug-likeness (QED) is 0.768. The summed E-state index contributed by atoms with van der Waals surface area (Å²) in [5, 5.41) is 3.18. The molecule has 29 heavy (non-hydrogen) atoms. The first-order chi connectivity index (χ1) is 14.1. The van der Waals surface area contributed by atoms with E-state index in [4.69, 9.17) is 4.74 Å². The Hall–Kier alpha value is -1.96. The predicted molar refractivity (Wildman–Crippen MR) is 110 cm³/mol. The molecular weight excluding hydrogens is 368 g/mol. The first-order valence-electron chi connectivity index (χ1n) is 10.8. The first kappa shape index (κ1) is 20.3. The number of hydrogen-bond acceptors (Lipinski definition) is 5. The number of nitrogens with one attached hydrogen (secondary N) is 1. The zero-order valence-corrected chi connectivity index (χ0v) is 17.3. The number of carbonyl (C=O) groups excluding carboxylic acids is 2. The van der Waals surface area contributed by atoms with E-state index in [2.05, 4.69) is 15.1 Å². The summed E-state index contributed by atoms with van der Waals surface area (Å²) in [6.45, 7) is 7.75. The molecule has 1 aromatic carbocycles. The molecule has 2 heterocycles. The maximum atomic E-state index is 13.0. The number of piperazine rings is 1. The minimum atomic E-state index is -0.260. The van der Waals surface area contributed by atoms with E-state index in [0.29, 0.717) is 32.3 Å². The molecule has 2 amide bonds. The summed E-state index contributed by atoms with van der Waals surface area (Å²) in [5.74, 6) is 0.289. The number of amides is 2. The maximum absolute atomic E-state index is 13.0. The van der Waals surface area contributed by atoms with Crippen LogP contribution in [0.5, 0.6) is 0 Å². The number of carbonyl (C=O) groups is 2. The van der Waals surface area contributed by atoms with Crippen molar-refractivity contribution in [2.75, 3.05) is 52.5 Å². The van der Waals surface area contributed by atoms with Crippen molar-refractivity contribution in [2.24, 2.45) is 0 Å². The van der Waals surface area contributed by atoms with Crippen molar-refractivity contribution in [3.63, 3.8) is 0 Å². The Kier molecular flexibility index (Phi) is 6.47. The summed E-state index contributed by atoms with van der Waals surface area (Å²) < 4.78 is 5.36. The molecule has 0 bridgehead atoms. The van der Waals surface area contributed by atoms with E-state index in [0.717, 1.165) is 44.6 Å². The van der Waals surface area contributed by atoms with Crippen LogP contribution in [0.2, 0.25) is 0 Å². The molecule has 7 nitrogen and oxygen atoms in total. The topological polar surface area (TPSA) is 65.1 Å². The fourth-order valence-electron chi connectivity index (χ4n) is 4.26. The van der Waals surface area contributed by atoms with Crippen LogP contribution < -0.4 is 5.32 Å². The lowest BCUT2D eigenvalue weighted by molar-refractivity contribution is -0.142. The summed E-state index contributed by atoms with van der Waals surface area (Å²) in [6, 6.07) is 9.99. The molecule has 1 aromatic rings. The Bertz CT molecular complexity index is 695. The minimum absolute atomic E-state index is 0.101. The van der Waals surface area contributed by atoms with Crippen molar-refractivity contribution < 1.29 is 14.3 Å². The van der Waals surface area contributed by atoms with Crippen molar-refractivity contribution in [1.29, 1.82) is 0 Å². The molecule has 1 saturated carbocycles. The van der Waals surface area contributed by atoms with Gasteiger partial charge in [-0.05, 0) is 25.3 Å². The van der Waals surface area contributed by atoms with Gasteiger partial charge in [0.25, 0.3) is 0 Å². The summed E-state index contributed by atoms with van der Waals surface area (Å²) >= 11 is 0. The van der Waals surface area contributed by atoms with Crippen LogP contribution in [0.4, 0.5) is 0 Å². The fraction of sp³-hybridized carbons (Fsp3) is 0.636. The van der Waals surface area contributed by atoms with E-state index < -0.39 is 0 Å². The van der Waals surface area contributed by atoms with E-state index in [9.17, 15) is 9.59 Å². The Balaban J connectivity index is 1.38. The van der Waals surface area contributed by atoms with Crippen LogP contribution in [0.3, 0.4) is 0 Å². The summed E-state index contributed by atoms with van der Waals surface area (Å²) in [7, 11) is 0. The van der Waals surface area contributed by atoms with Gasteiger partial charge in [0.1, 0.15) is 6.04 Å². The van der Waals surface area contributed by atoms with Crippen LogP contribution in [-0.4, -0.2) is 91.1 Å². The summed E-state index contributed by atoms with van der Waals surface area (Å²) in [6.07, 6.45) is 2.17. The molecule has 4 rings (SSSR count). The van der Waals surface area contributed by atoms with Gasteiger partial charge in [-0.25, -0.2) is 0 Å². The number of hydrogen-bond donors (Lipinski definition) is 1. The zero-order chi connectivity index (χ0) is 20.2. The molecule has 0 aromatic heterocycles. The highest BCUT2D eigenvalue weighted by Crippen LogP contribution is 2.26. The smallest absolute Gasteiger partial charge is 0.242 e. The molecule has 2 unspecified atom stereocenters. The highest BCUT2D eigenvalue weighted by Gasteiger charge is 2.35. The molecule has 1 N–H and O–H groups in total. The highest BCUT2D eigenvalue weighted by atomic mass is 16.5. The Morgan fingerprint density at radius 2 is 1.59 bits per heavy atom. The van der Waals surface area contributed by atoms with Crippen molar-refractivity contribution in [2.45, 2.75) is 37.9 Å². The monoisotopic (exact) mass is 400 g/mol. The molecule has 7 heteroatoms. The number of nitrogens with zero attached hydrogens (tertiary/aromatic N) is 3. The molecule has 2 saturated heterocycles. The number of rotatable bonds is 6. The zero-order valence-electron chi connectivity index (χ0n) is 17.3. The second kappa shape index (κ2) is 9.24. The predicted octanol–water partition coefficient (Wildman–Crippen LogP) is 0.871. The largest absolute Gasteiger partial charge is 0.378 e. The number of benzene rings is 1. The normalized spacial score (nSPS) is 23.4. The van der Waals surface area contributed by atoms with Gasteiger partial charge in [0.15, 0.2) is 0 Å². The molecule has 2 aliphatic heterocycles. The van der Waals surface area contributed by atoms with Gasteiger partial charge in [-0.2, -0.15) is 0 Å². The molecule has 0 spiro atoms. The third-order valence-electron chi connectivity index (χ3n) is 6.23. The second-order valence-corrected chi connectivity index (χ2v) is 8.28. The number of morpholine rings is 1. The van der Waals surface area contributed by atoms with E-state index >= 15 is 0 Å². The van der Waals surface area contributed by atoms with Crippen LogP contribution >= 0.6 is 0 Å². The minimum Gasteiger partial charge on any atom is -0.378 e. The average Bonchev–Trinajstić information content (AvgIpc) is 3.59. The van der Waals surface area contributed by atoms with Crippen LogP contribution in [-0.2, 0) is 14.3 Å². The molecule has 1 aliphatic carbocycles. The fourth-order valence-corrected chi connectivity index (χ4v) is 4.26. The SMILES string of the molecule is CC(C(=O)N1CCOCC1)N1CCN(C(C(=O)NC2CC2)c2ccccc2)CC1. The number of ether oxygens (including phenoxy) is 1. The van der Waals surface area contributed by atoms with E-state index in [-0.39, 0.29) is 23.9 Å². The van der Waals surface area contributed by atoms with Gasteiger partial charge >= 0.3 is 0 Å². The van der Waals surface area contributed by atoms with Crippen molar-refractivity contribution in [3.8, 4) is 0 Å². The Morgan fingerprint density at radius 3 is 2.21 bits per heavy atom. The van der Waals surface area contributed by atoms with Crippen molar-refractivity contribution >= 4 is 11.8 Å². The standard InChI is InChI=1S/C22H32N4O3/c1-17(22(28)26-13-15-29-16-14-26)24-9-11-25(12-10-24)20(18-5-3-2-4-6-18)21(27)23-19-7-8-19/h2-6,17,19-20H,7-16H2,1H3,(H,23,27). The van der Waals surface area contributed by atoms with Gasteiger partial charge in [0.2, 0.25) is 11.8 Å². The third kappa shape index (κ3) is 4.97. The van der Waals surface area contributed by atoms with Crippen LogP contribution in [0.1, 0.15) is 31.4 Å². The average molecular weight is 401 g/mol. The lowest BCUT2D eigenvalue weighted by Crippen LogP contribution is -2.57. The second-order valence-electron chi connectivity index (χ2n) is 8.28. The molecule has 2 atom stereocenters. The first-order valence-corrected chi connectivity index (χ1v) is 10.8. The van der Waals surface area contributed by atoms with Crippen LogP contribution in [0, 0.1) is 0 Å². The van der Waals surface area contributed by atoms with E-state index in [1.54, 1.807) is 0 Å². The molecular formula is C22H32N4O3. The Morgan fingerprint density at radius 1 is 0.966 bits per heavy atom.